The first-order chi connectivity index (χ1) is 9.95. The number of hydrogen-bond acceptors (Lipinski definition) is 5. The first-order valence-corrected chi connectivity index (χ1v) is 6.99. The van der Waals surface area contributed by atoms with Crippen molar-refractivity contribution in [1.82, 2.24) is 4.98 Å². The van der Waals surface area contributed by atoms with E-state index in [4.69, 9.17) is 0 Å². The summed E-state index contributed by atoms with van der Waals surface area (Å²) in [4.78, 5) is 38.1. The summed E-state index contributed by atoms with van der Waals surface area (Å²) >= 11 is 1.17. The van der Waals surface area contributed by atoms with Crippen LogP contribution in [-0.2, 0) is 4.79 Å². The molecule has 0 spiro atoms. The van der Waals surface area contributed by atoms with Gasteiger partial charge in [-0.05, 0) is 31.2 Å². The highest BCUT2D eigenvalue weighted by Gasteiger charge is 2.11. The van der Waals surface area contributed by atoms with E-state index < -0.39 is 0 Å². The second-order valence-corrected chi connectivity index (χ2v) is 5.16. The van der Waals surface area contributed by atoms with Crippen LogP contribution >= 0.6 is 11.3 Å². The van der Waals surface area contributed by atoms with E-state index in [0.717, 1.165) is 0 Å². The number of aromatic nitrogens is 1. The van der Waals surface area contributed by atoms with Gasteiger partial charge in [-0.25, -0.2) is 4.98 Å². The molecule has 0 bridgehead atoms. The maximum atomic E-state index is 12.0. The van der Waals surface area contributed by atoms with Crippen LogP contribution in [0.1, 0.15) is 34.7 Å². The number of carbonyl (C=O) groups excluding carboxylic acids is 3. The van der Waals surface area contributed by atoms with E-state index in [1.54, 1.807) is 29.6 Å². The summed E-state index contributed by atoms with van der Waals surface area (Å²) < 4.78 is 0. The maximum absolute atomic E-state index is 12.0. The second-order valence-electron chi connectivity index (χ2n) is 4.31. The topological polar surface area (TPSA) is 88.2 Å². The van der Waals surface area contributed by atoms with E-state index in [9.17, 15) is 14.4 Å². The molecule has 1 aromatic heterocycles. The minimum absolute atomic E-state index is 0.0349. The third-order valence-electron chi connectivity index (χ3n) is 2.57. The molecule has 0 saturated heterocycles. The van der Waals surface area contributed by atoms with Crippen LogP contribution < -0.4 is 10.6 Å². The molecule has 21 heavy (non-hydrogen) atoms. The highest BCUT2D eigenvalue weighted by atomic mass is 32.1. The number of hydrogen-bond donors (Lipinski definition) is 2. The molecule has 0 aliphatic carbocycles. The summed E-state index contributed by atoms with van der Waals surface area (Å²) in [5, 5.41) is 7.12. The van der Waals surface area contributed by atoms with Gasteiger partial charge < -0.3 is 10.6 Å². The Morgan fingerprint density at radius 3 is 2.29 bits per heavy atom. The van der Waals surface area contributed by atoms with E-state index >= 15 is 0 Å². The van der Waals surface area contributed by atoms with Crippen molar-refractivity contribution in [3.8, 4) is 0 Å². The fourth-order valence-electron chi connectivity index (χ4n) is 1.57. The third-order valence-corrected chi connectivity index (χ3v) is 3.33. The van der Waals surface area contributed by atoms with Crippen molar-refractivity contribution in [2.24, 2.45) is 0 Å². The molecule has 0 aliphatic heterocycles. The summed E-state index contributed by atoms with van der Waals surface area (Å²) in [5.74, 6) is -0.651. The number of rotatable bonds is 4. The molecular formula is C14H13N3O3S. The average Bonchev–Trinajstić information content (AvgIpc) is 2.87. The second kappa shape index (κ2) is 6.27. The molecule has 0 saturated carbocycles. The van der Waals surface area contributed by atoms with Crippen LogP contribution in [0.15, 0.2) is 29.6 Å². The first kappa shape index (κ1) is 14.9. The number of Topliss-reactive ketones (excluding diaryl/α,β-unsaturated/α-hetero) is 1. The Balaban J connectivity index is 2.05. The number of thiazole rings is 1. The van der Waals surface area contributed by atoms with E-state index in [-0.39, 0.29) is 23.3 Å². The van der Waals surface area contributed by atoms with Crippen molar-refractivity contribution in [3.63, 3.8) is 0 Å². The van der Waals surface area contributed by atoms with Crippen LogP contribution in [0.4, 0.5) is 10.8 Å². The SMILES string of the molecule is CC(=O)Nc1nc(C(=O)Nc2ccc(C(C)=O)cc2)cs1. The average molecular weight is 303 g/mol. The lowest BCUT2D eigenvalue weighted by atomic mass is 10.1. The third kappa shape index (κ3) is 3.96. The molecular weight excluding hydrogens is 290 g/mol. The summed E-state index contributed by atoms with van der Waals surface area (Å²) in [5.41, 5.74) is 1.37. The van der Waals surface area contributed by atoms with Crippen molar-refractivity contribution >= 4 is 39.8 Å². The van der Waals surface area contributed by atoms with Crippen LogP contribution in [0.25, 0.3) is 0 Å². The standard InChI is InChI=1S/C14H13N3O3S/c1-8(18)10-3-5-11(6-4-10)16-13(20)12-7-21-14(17-12)15-9(2)19/h3-7H,1-2H3,(H,16,20)(H,15,17,19). The maximum Gasteiger partial charge on any atom is 0.275 e. The van der Waals surface area contributed by atoms with Gasteiger partial charge in [0.25, 0.3) is 5.91 Å². The Bertz CT molecular complexity index is 692. The summed E-state index contributed by atoms with van der Waals surface area (Å²) in [6.07, 6.45) is 0. The van der Waals surface area contributed by atoms with Gasteiger partial charge in [0.2, 0.25) is 5.91 Å². The lowest BCUT2D eigenvalue weighted by Crippen LogP contribution is -2.13. The largest absolute Gasteiger partial charge is 0.321 e. The number of nitrogens with one attached hydrogen (secondary N) is 2. The highest BCUT2D eigenvalue weighted by molar-refractivity contribution is 7.14. The van der Waals surface area contributed by atoms with E-state index in [2.05, 4.69) is 15.6 Å². The smallest absolute Gasteiger partial charge is 0.275 e. The molecule has 6 nitrogen and oxygen atoms in total. The predicted molar refractivity (Wildman–Crippen MR) is 80.8 cm³/mol. The Labute approximate surface area is 125 Å². The Morgan fingerprint density at radius 1 is 1.05 bits per heavy atom. The van der Waals surface area contributed by atoms with Gasteiger partial charge in [0, 0.05) is 23.6 Å². The van der Waals surface area contributed by atoms with Gasteiger partial charge >= 0.3 is 0 Å². The number of nitrogens with zero attached hydrogens (tertiary/aromatic N) is 1. The molecule has 0 unspecified atom stereocenters. The number of amides is 2. The quantitative estimate of drug-likeness (QED) is 0.850. The minimum Gasteiger partial charge on any atom is -0.321 e. The van der Waals surface area contributed by atoms with Crippen LogP contribution in [0, 0.1) is 0 Å². The van der Waals surface area contributed by atoms with Gasteiger partial charge in [0.15, 0.2) is 10.9 Å². The van der Waals surface area contributed by atoms with Crippen molar-refractivity contribution in [2.45, 2.75) is 13.8 Å². The zero-order valence-electron chi connectivity index (χ0n) is 11.5. The van der Waals surface area contributed by atoms with Crippen molar-refractivity contribution in [1.29, 1.82) is 0 Å². The molecule has 2 aromatic rings. The lowest BCUT2D eigenvalue weighted by molar-refractivity contribution is -0.114. The molecule has 2 rings (SSSR count). The number of benzene rings is 1. The van der Waals surface area contributed by atoms with E-state index in [1.165, 1.54) is 25.2 Å². The molecule has 2 N–H and O–H groups in total. The summed E-state index contributed by atoms with van der Waals surface area (Å²) in [7, 11) is 0. The number of ketones is 1. The molecule has 0 aliphatic rings. The Morgan fingerprint density at radius 2 is 1.71 bits per heavy atom. The lowest BCUT2D eigenvalue weighted by Gasteiger charge is -2.03. The molecule has 1 aromatic carbocycles. The van der Waals surface area contributed by atoms with Crippen molar-refractivity contribution in [3.05, 3.63) is 40.9 Å². The van der Waals surface area contributed by atoms with Gasteiger partial charge in [-0.3, -0.25) is 14.4 Å². The predicted octanol–water partition coefficient (Wildman–Crippen LogP) is 2.56. The molecule has 7 heteroatoms. The monoisotopic (exact) mass is 303 g/mol. The summed E-state index contributed by atoms with van der Waals surface area (Å²) in [6.45, 7) is 2.85. The number of anilines is 2. The van der Waals surface area contributed by atoms with Gasteiger partial charge in [-0.1, -0.05) is 0 Å². The molecule has 1 heterocycles. The van der Waals surface area contributed by atoms with E-state index in [0.29, 0.717) is 16.4 Å². The van der Waals surface area contributed by atoms with Crippen LogP contribution in [0.2, 0.25) is 0 Å². The van der Waals surface area contributed by atoms with Gasteiger partial charge in [-0.15, -0.1) is 11.3 Å². The fraction of sp³-hybridized carbons (Fsp3) is 0.143. The van der Waals surface area contributed by atoms with Gasteiger partial charge in [0.1, 0.15) is 5.69 Å². The van der Waals surface area contributed by atoms with Crippen molar-refractivity contribution in [2.75, 3.05) is 10.6 Å². The Kier molecular flexibility index (Phi) is 4.44. The summed E-state index contributed by atoms with van der Waals surface area (Å²) in [6, 6.07) is 6.58. The molecule has 0 fully saturated rings. The van der Waals surface area contributed by atoms with E-state index in [1.807, 2.05) is 0 Å². The Hall–Kier alpha value is -2.54. The highest BCUT2D eigenvalue weighted by Crippen LogP contribution is 2.17. The number of carbonyl (C=O) groups is 3. The van der Waals surface area contributed by atoms with Gasteiger partial charge in [0.05, 0.1) is 0 Å². The first-order valence-electron chi connectivity index (χ1n) is 6.11. The minimum atomic E-state index is -0.376. The zero-order valence-corrected chi connectivity index (χ0v) is 12.3. The van der Waals surface area contributed by atoms with Crippen LogP contribution in [0.3, 0.4) is 0 Å². The van der Waals surface area contributed by atoms with Gasteiger partial charge in [-0.2, -0.15) is 0 Å². The fourth-order valence-corrected chi connectivity index (χ4v) is 2.31. The molecule has 0 radical (unpaired) electrons. The molecule has 108 valence electrons. The molecule has 0 atom stereocenters. The normalized spacial score (nSPS) is 10.0. The zero-order chi connectivity index (χ0) is 15.4. The van der Waals surface area contributed by atoms with Crippen LogP contribution in [-0.4, -0.2) is 22.6 Å². The molecule has 2 amide bonds. The van der Waals surface area contributed by atoms with Crippen LogP contribution in [0.5, 0.6) is 0 Å². The van der Waals surface area contributed by atoms with Crippen molar-refractivity contribution < 1.29 is 14.4 Å².